The first kappa shape index (κ1) is 20.1. The van der Waals surface area contributed by atoms with Gasteiger partial charge in [-0.2, -0.15) is 0 Å². The zero-order valence-corrected chi connectivity index (χ0v) is 15.9. The predicted octanol–water partition coefficient (Wildman–Crippen LogP) is 1.75. The van der Waals surface area contributed by atoms with E-state index in [9.17, 15) is 14.9 Å². The normalized spacial score (nSPS) is 16.3. The zero-order chi connectivity index (χ0) is 19.3. The molecule has 1 aromatic rings. The second kappa shape index (κ2) is 8.95. The number of amides is 1. The van der Waals surface area contributed by atoms with Crippen molar-refractivity contribution in [3.8, 4) is 0 Å². The van der Waals surface area contributed by atoms with Crippen molar-refractivity contribution < 1.29 is 14.5 Å². The first-order valence-corrected chi connectivity index (χ1v) is 8.87. The summed E-state index contributed by atoms with van der Waals surface area (Å²) in [5.41, 5.74) is 0.878. The van der Waals surface area contributed by atoms with Crippen LogP contribution in [0.25, 0.3) is 0 Å². The largest absolute Gasteiger partial charge is 0.379 e. The molecule has 8 heteroatoms. The highest BCUT2D eigenvalue weighted by atomic mass is 16.6. The summed E-state index contributed by atoms with van der Waals surface area (Å²) >= 11 is 0. The Morgan fingerprint density at radius 1 is 1.35 bits per heavy atom. The molecule has 1 aliphatic heterocycles. The van der Waals surface area contributed by atoms with Gasteiger partial charge in [0, 0.05) is 57.6 Å². The van der Waals surface area contributed by atoms with Crippen molar-refractivity contribution in [2.75, 3.05) is 51.8 Å². The molecule has 1 aromatic carbocycles. The van der Waals surface area contributed by atoms with E-state index >= 15 is 0 Å². The van der Waals surface area contributed by atoms with Crippen molar-refractivity contribution in [1.82, 2.24) is 10.2 Å². The number of hydrogen-bond acceptors (Lipinski definition) is 6. The molecular formula is C18H28N4O4. The lowest BCUT2D eigenvalue weighted by molar-refractivity contribution is -0.384. The van der Waals surface area contributed by atoms with Gasteiger partial charge in [0.25, 0.3) is 11.6 Å². The maximum Gasteiger partial charge on any atom is 0.270 e. The quantitative estimate of drug-likeness (QED) is 0.586. The lowest BCUT2D eigenvalue weighted by atomic mass is 10.0. The van der Waals surface area contributed by atoms with Gasteiger partial charge in [0.2, 0.25) is 0 Å². The second-order valence-electron chi connectivity index (χ2n) is 7.02. The number of morpholine rings is 1. The average Bonchev–Trinajstić information content (AvgIpc) is 2.61. The fourth-order valence-corrected chi connectivity index (χ4v) is 3.20. The number of nitro benzene ring substituents is 1. The molecular weight excluding hydrogens is 336 g/mol. The smallest absolute Gasteiger partial charge is 0.270 e. The van der Waals surface area contributed by atoms with E-state index in [2.05, 4.69) is 24.1 Å². The molecule has 1 atom stereocenters. The molecule has 1 saturated heterocycles. The minimum atomic E-state index is -0.485. The average molecular weight is 364 g/mol. The van der Waals surface area contributed by atoms with Crippen molar-refractivity contribution in [1.29, 1.82) is 0 Å². The number of rotatable bonds is 7. The number of anilines is 1. The maximum atomic E-state index is 12.8. The fraction of sp³-hybridized carbons (Fsp3) is 0.611. The van der Waals surface area contributed by atoms with E-state index in [1.165, 1.54) is 12.1 Å². The van der Waals surface area contributed by atoms with E-state index in [0.29, 0.717) is 36.9 Å². The first-order chi connectivity index (χ1) is 12.3. The summed E-state index contributed by atoms with van der Waals surface area (Å²) in [7, 11) is 3.62. The van der Waals surface area contributed by atoms with Gasteiger partial charge in [0.05, 0.1) is 23.7 Å². The third-order valence-electron chi connectivity index (χ3n) is 4.67. The molecule has 1 unspecified atom stereocenters. The van der Waals surface area contributed by atoms with Crippen molar-refractivity contribution in [3.63, 3.8) is 0 Å². The van der Waals surface area contributed by atoms with Crippen molar-refractivity contribution in [3.05, 3.63) is 33.9 Å². The maximum absolute atomic E-state index is 12.8. The third-order valence-corrected chi connectivity index (χ3v) is 4.67. The minimum absolute atomic E-state index is 0.0886. The molecule has 26 heavy (non-hydrogen) atoms. The number of carbonyl (C=O) groups excluding carboxylic acids is 1. The molecule has 144 valence electrons. The Balaban J connectivity index is 2.14. The van der Waals surface area contributed by atoms with Crippen LogP contribution in [0.2, 0.25) is 0 Å². The van der Waals surface area contributed by atoms with Gasteiger partial charge in [-0.1, -0.05) is 13.8 Å². The SMILES string of the molecule is CC(C)C(CNC(=O)c1cc([N+](=O)[O-])ccc1N(C)C)N1CCOCC1. The number of nitro groups is 1. The van der Waals surface area contributed by atoms with Crippen molar-refractivity contribution >= 4 is 17.3 Å². The molecule has 0 aliphatic carbocycles. The summed E-state index contributed by atoms with van der Waals surface area (Å²) in [6, 6.07) is 4.56. The lowest BCUT2D eigenvalue weighted by Gasteiger charge is -2.37. The molecule has 0 bridgehead atoms. The molecule has 0 aromatic heterocycles. The van der Waals surface area contributed by atoms with Crippen LogP contribution in [-0.2, 0) is 4.74 Å². The predicted molar refractivity (Wildman–Crippen MR) is 101 cm³/mol. The highest BCUT2D eigenvalue weighted by Crippen LogP contribution is 2.24. The number of ether oxygens (including phenoxy) is 1. The highest BCUT2D eigenvalue weighted by Gasteiger charge is 2.25. The first-order valence-electron chi connectivity index (χ1n) is 8.87. The van der Waals surface area contributed by atoms with Crippen molar-refractivity contribution in [2.24, 2.45) is 5.92 Å². The van der Waals surface area contributed by atoms with Crippen LogP contribution in [0.15, 0.2) is 18.2 Å². The van der Waals surface area contributed by atoms with Crippen LogP contribution < -0.4 is 10.2 Å². The van der Waals surface area contributed by atoms with E-state index in [-0.39, 0.29) is 17.6 Å². The van der Waals surface area contributed by atoms with E-state index in [0.717, 1.165) is 13.1 Å². The molecule has 1 aliphatic rings. The summed E-state index contributed by atoms with van der Waals surface area (Å²) in [6.07, 6.45) is 0. The van der Waals surface area contributed by atoms with Crippen LogP contribution in [0.3, 0.4) is 0 Å². The summed E-state index contributed by atoms with van der Waals surface area (Å²) in [5, 5.41) is 14.0. The van der Waals surface area contributed by atoms with Gasteiger partial charge in [-0.3, -0.25) is 19.8 Å². The number of non-ortho nitro benzene ring substituents is 1. The Bertz CT molecular complexity index is 642. The Labute approximate surface area is 154 Å². The highest BCUT2D eigenvalue weighted by molar-refractivity contribution is 6.00. The number of carbonyl (C=O) groups is 1. The van der Waals surface area contributed by atoms with Crippen LogP contribution in [0.1, 0.15) is 24.2 Å². The Kier molecular flexibility index (Phi) is 6.93. The standard InChI is InChI=1S/C18H28N4O4/c1-13(2)17(21-7-9-26-10-8-21)12-19-18(23)15-11-14(22(24)25)5-6-16(15)20(3)4/h5-6,11,13,17H,7-10,12H2,1-4H3,(H,19,23). The molecule has 1 heterocycles. The summed E-state index contributed by atoms with van der Waals surface area (Å²) in [6.45, 7) is 7.85. The molecule has 0 spiro atoms. The number of nitrogens with one attached hydrogen (secondary N) is 1. The van der Waals surface area contributed by atoms with E-state index in [4.69, 9.17) is 4.74 Å². The topological polar surface area (TPSA) is 87.9 Å². The summed E-state index contributed by atoms with van der Waals surface area (Å²) < 4.78 is 5.40. The van der Waals surface area contributed by atoms with Crippen LogP contribution in [-0.4, -0.2) is 68.7 Å². The summed E-state index contributed by atoms with van der Waals surface area (Å²) in [4.78, 5) is 27.4. The third kappa shape index (κ3) is 4.92. The molecule has 1 fully saturated rings. The Morgan fingerprint density at radius 3 is 2.54 bits per heavy atom. The Morgan fingerprint density at radius 2 is 2.00 bits per heavy atom. The molecule has 0 saturated carbocycles. The van der Waals surface area contributed by atoms with Gasteiger partial charge in [-0.15, -0.1) is 0 Å². The van der Waals surface area contributed by atoms with Gasteiger partial charge in [0.15, 0.2) is 0 Å². The van der Waals surface area contributed by atoms with Gasteiger partial charge in [-0.25, -0.2) is 0 Å². The van der Waals surface area contributed by atoms with E-state index in [1.54, 1.807) is 11.0 Å². The number of hydrogen-bond donors (Lipinski definition) is 1. The molecule has 2 rings (SSSR count). The second-order valence-corrected chi connectivity index (χ2v) is 7.02. The van der Waals surface area contributed by atoms with Crippen LogP contribution in [0.5, 0.6) is 0 Å². The van der Waals surface area contributed by atoms with E-state index < -0.39 is 4.92 Å². The molecule has 8 nitrogen and oxygen atoms in total. The minimum Gasteiger partial charge on any atom is -0.379 e. The lowest BCUT2D eigenvalue weighted by Crippen LogP contribution is -2.51. The van der Waals surface area contributed by atoms with Gasteiger partial charge >= 0.3 is 0 Å². The monoisotopic (exact) mass is 364 g/mol. The van der Waals surface area contributed by atoms with Crippen LogP contribution in [0, 0.1) is 16.0 Å². The van der Waals surface area contributed by atoms with E-state index in [1.807, 2.05) is 14.1 Å². The molecule has 0 radical (unpaired) electrons. The molecule has 1 N–H and O–H groups in total. The molecule has 1 amide bonds. The van der Waals surface area contributed by atoms with Crippen LogP contribution in [0.4, 0.5) is 11.4 Å². The number of nitrogens with zero attached hydrogens (tertiary/aromatic N) is 3. The van der Waals surface area contributed by atoms with Gasteiger partial charge in [-0.05, 0) is 12.0 Å². The Hall–Kier alpha value is -2.19. The summed E-state index contributed by atoms with van der Waals surface area (Å²) in [5.74, 6) is 0.0724. The zero-order valence-electron chi connectivity index (χ0n) is 15.9. The van der Waals surface area contributed by atoms with Crippen LogP contribution >= 0.6 is 0 Å². The van der Waals surface area contributed by atoms with Gasteiger partial charge in [0.1, 0.15) is 0 Å². The van der Waals surface area contributed by atoms with Crippen molar-refractivity contribution in [2.45, 2.75) is 19.9 Å². The number of benzene rings is 1. The fourth-order valence-electron chi connectivity index (χ4n) is 3.20. The van der Waals surface area contributed by atoms with Gasteiger partial charge < -0.3 is 15.0 Å².